The maximum absolute atomic E-state index is 15.1. The van der Waals surface area contributed by atoms with Gasteiger partial charge in [0.1, 0.15) is 5.75 Å². The zero-order chi connectivity index (χ0) is 29.3. The molecule has 1 atom stereocenters. The van der Waals surface area contributed by atoms with Crippen LogP contribution in [0.2, 0.25) is 0 Å². The van der Waals surface area contributed by atoms with Crippen LogP contribution in [0.5, 0.6) is 5.75 Å². The van der Waals surface area contributed by atoms with Crippen LogP contribution < -0.4 is 4.74 Å². The highest BCUT2D eigenvalue weighted by Crippen LogP contribution is 2.32. The molecule has 0 aliphatic rings. The van der Waals surface area contributed by atoms with Gasteiger partial charge in [-0.25, -0.2) is 19.2 Å². The Morgan fingerprint density at radius 1 is 0.732 bits per heavy atom. The number of unbranched alkanes of at least 4 members (excludes halogenated alkanes) is 11. The molecule has 0 amide bonds. The minimum Gasteiger partial charge on any atom is -0.424 e. The van der Waals surface area contributed by atoms with E-state index >= 15 is 4.39 Å². The Kier molecular flexibility index (Phi) is 14.0. The maximum Gasteiger partial charge on any atom is 0.348 e. The second-order valence-corrected chi connectivity index (χ2v) is 11.5. The number of ether oxygens (including phenoxy) is 1. The van der Waals surface area contributed by atoms with Crippen LogP contribution in [-0.4, -0.2) is 21.6 Å². The van der Waals surface area contributed by atoms with Gasteiger partial charge in [0, 0.05) is 18.0 Å². The van der Waals surface area contributed by atoms with Gasteiger partial charge in [0.15, 0.2) is 5.82 Å². The summed E-state index contributed by atoms with van der Waals surface area (Å²) in [6, 6.07) is 15.2. The van der Waals surface area contributed by atoms with Gasteiger partial charge in [0.2, 0.25) is 5.67 Å². The summed E-state index contributed by atoms with van der Waals surface area (Å²) >= 11 is 0. The van der Waals surface area contributed by atoms with Crippen molar-refractivity contribution >= 4 is 5.97 Å². The highest BCUT2D eigenvalue weighted by molar-refractivity contribution is 5.82. The number of hydrogen-bond acceptors (Lipinski definition) is 4. The minimum atomic E-state index is -1.99. The third kappa shape index (κ3) is 11.0. The van der Waals surface area contributed by atoms with Crippen LogP contribution in [0.4, 0.5) is 4.39 Å². The molecule has 0 radical (unpaired) electrons. The standard InChI is InChI=1S/C36H49FN2O2/c1-4-6-8-10-12-14-18-26-36(3,37)35(40)41-31-24-22-30(23-25-31)32-20-16-17-21-33(32)34-38-27-29(28-39-34)19-15-13-11-9-7-5-2/h16-17,20-25,27-28H,4-15,18-19,26H2,1-3H3. The van der Waals surface area contributed by atoms with Crippen molar-refractivity contribution in [1.29, 1.82) is 0 Å². The highest BCUT2D eigenvalue weighted by atomic mass is 19.1. The molecule has 1 heterocycles. The zero-order valence-electron chi connectivity index (χ0n) is 25.5. The molecule has 3 aromatic rings. The van der Waals surface area contributed by atoms with Crippen LogP contribution in [0.25, 0.3) is 22.5 Å². The lowest BCUT2D eigenvalue weighted by molar-refractivity contribution is -0.147. The maximum atomic E-state index is 15.1. The van der Waals surface area contributed by atoms with Gasteiger partial charge in [-0.3, -0.25) is 0 Å². The first kappa shape index (κ1) is 32.4. The van der Waals surface area contributed by atoms with E-state index in [-0.39, 0.29) is 6.42 Å². The van der Waals surface area contributed by atoms with E-state index in [2.05, 4.69) is 23.8 Å². The van der Waals surface area contributed by atoms with E-state index in [4.69, 9.17) is 4.74 Å². The van der Waals surface area contributed by atoms with Gasteiger partial charge in [-0.05, 0) is 61.4 Å². The van der Waals surface area contributed by atoms with Crippen molar-refractivity contribution in [3.63, 3.8) is 0 Å². The summed E-state index contributed by atoms with van der Waals surface area (Å²) in [4.78, 5) is 21.9. The summed E-state index contributed by atoms with van der Waals surface area (Å²) in [5, 5.41) is 0. The smallest absolute Gasteiger partial charge is 0.348 e. The number of nitrogens with zero attached hydrogens (tertiary/aromatic N) is 2. The summed E-state index contributed by atoms with van der Waals surface area (Å²) in [7, 11) is 0. The van der Waals surface area contributed by atoms with Gasteiger partial charge in [-0.2, -0.15) is 0 Å². The molecule has 0 bridgehead atoms. The summed E-state index contributed by atoms with van der Waals surface area (Å²) in [6.45, 7) is 5.76. The topological polar surface area (TPSA) is 52.1 Å². The number of aryl methyl sites for hydroxylation is 1. The molecule has 0 saturated heterocycles. The van der Waals surface area contributed by atoms with Gasteiger partial charge in [-0.1, -0.05) is 121 Å². The largest absolute Gasteiger partial charge is 0.424 e. The Morgan fingerprint density at radius 3 is 1.88 bits per heavy atom. The Labute approximate surface area is 247 Å². The van der Waals surface area contributed by atoms with Crippen LogP contribution in [0.1, 0.15) is 116 Å². The molecule has 2 aromatic carbocycles. The summed E-state index contributed by atoms with van der Waals surface area (Å²) in [5.41, 5.74) is 2.05. The molecule has 41 heavy (non-hydrogen) atoms. The first-order valence-electron chi connectivity index (χ1n) is 15.9. The van der Waals surface area contributed by atoms with Gasteiger partial charge in [0.25, 0.3) is 0 Å². The molecule has 0 N–H and O–H groups in total. The summed E-state index contributed by atoms with van der Waals surface area (Å²) in [5.74, 6) is 0.197. The van der Waals surface area contributed by atoms with E-state index in [1.54, 1.807) is 12.1 Å². The van der Waals surface area contributed by atoms with Crippen molar-refractivity contribution in [3.05, 3.63) is 66.5 Å². The Hall–Kier alpha value is -3.08. The van der Waals surface area contributed by atoms with Crippen molar-refractivity contribution in [3.8, 4) is 28.3 Å². The van der Waals surface area contributed by atoms with E-state index < -0.39 is 11.6 Å². The third-order valence-electron chi connectivity index (χ3n) is 7.74. The lowest BCUT2D eigenvalue weighted by atomic mass is 9.98. The molecule has 222 valence electrons. The SMILES string of the molecule is CCCCCCCCCC(C)(F)C(=O)Oc1ccc(-c2ccccc2-c2ncc(CCCCCCCC)cn2)cc1. The molecule has 4 nitrogen and oxygen atoms in total. The number of halogens is 1. The van der Waals surface area contributed by atoms with Gasteiger partial charge in [0.05, 0.1) is 0 Å². The zero-order valence-corrected chi connectivity index (χ0v) is 25.5. The monoisotopic (exact) mass is 560 g/mol. The van der Waals surface area contributed by atoms with Gasteiger partial charge in [-0.15, -0.1) is 0 Å². The quantitative estimate of drug-likeness (QED) is 0.0831. The van der Waals surface area contributed by atoms with E-state index in [9.17, 15) is 4.79 Å². The first-order chi connectivity index (χ1) is 19.9. The highest BCUT2D eigenvalue weighted by Gasteiger charge is 2.34. The predicted molar refractivity (Wildman–Crippen MR) is 168 cm³/mol. The molecule has 0 saturated carbocycles. The Balaban J connectivity index is 1.55. The molecule has 0 aliphatic heterocycles. The lowest BCUT2D eigenvalue weighted by Crippen LogP contribution is -2.34. The number of benzene rings is 2. The number of aromatic nitrogens is 2. The number of esters is 1. The number of carbonyl (C=O) groups is 1. The van der Waals surface area contributed by atoms with E-state index in [0.29, 0.717) is 18.0 Å². The van der Waals surface area contributed by atoms with Crippen LogP contribution >= 0.6 is 0 Å². The molecular formula is C36H49FN2O2. The molecule has 3 rings (SSSR count). The second-order valence-electron chi connectivity index (χ2n) is 11.5. The molecule has 1 aromatic heterocycles. The number of hydrogen-bond donors (Lipinski definition) is 0. The van der Waals surface area contributed by atoms with Crippen LogP contribution in [0.15, 0.2) is 60.9 Å². The van der Waals surface area contributed by atoms with Gasteiger partial charge < -0.3 is 4.74 Å². The average Bonchev–Trinajstić information content (AvgIpc) is 2.99. The predicted octanol–water partition coefficient (Wildman–Crippen LogP) is 10.5. The van der Waals surface area contributed by atoms with Crippen molar-refractivity contribution in [2.45, 2.75) is 123 Å². The third-order valence-corrected chi connectivity index (χ3v) is 7.74. The van der Waals surface area contributed by atoms with Crippen molar-refractivity contribution in [2.75, 3.05) is 0 Å². The molecule has 1 unspecified atom stereocenters. The number of rotatable bonds is 19. The average molecular weight is 561 g/mol. The summed E-state index contributed by atoms with van der Waals surface area (Å²) < 4.78 is 20.5. The van der Waals surface area contributed by atoms with E-state index in [1.165, 1.54) is 76.7 Å². The number of alkyl halides is 1. The lowest BCUT2D eigenvalue weighted by Gasteiger charge is -2.18. The molecule has 5 heteroatoms. The summed E-state index contributed by atoms with van der Waals surface area (Å²) in [6.07, 6.45) is 20.3. The van der Waals surface area contributed by atoms with Crippen molar-refractivity contribution in [2.24, 2.45) is 0 Å². The molecular weight excluding hydrogens is 511 g/mol. The minimum absolute atomic E-state index is 0.183. The van der Waals surface area contributed by atoms with Crippen molar-refractivity contribution < 1.29 is 13.9 Å². The number of carbonyl (C=O) groups excluding carboxylic acids is 1. The van der Waals surface area contributed by atoms with E-state index in [0.717, 1.165) is 36.0 Å². The fourth-order valence-corrected chi connectivity index (χ4v) is 5.09. The van der Waals surface area contributed by atoms with Crippen LogP contribution in [-0.2, 0) is 11.2 Å². The van der Waals surface area contributed by atoms with Crippen LogP contribution in [0, 0.1) is 0 Å². The molecule has 0 fully saturated rings. The normalized spacial score (nSPS) is 12.7. The molecule has 0 spiro atoms. The van der Waals surface area contributed by atoms with Crippen molar-refractivity contribution in [1.82, 2.24) is 9.97 Å². The Morgan fingerprint density at radius 2 is 1.27 bits per heavy atom. The Bertz CT molecular complexity index is 1160. The van der Waals surface area contributed by atoms with E-state index in [1.807, 2.05) is 48.8 Å². The molecule has 0 aliphatic carbocycles. The fraction of sp³-hybridized carbons (Fsp3) is 0.528. The first-order valence-corrected chi connectivity index (χ1v) is 15.9. The second kappa shape index (κ2) is 17.7. The van der Waals surface area contributed by atoms with Gasteiger partial charge >= 0.3 is 5.97 Å². The fourth-order valence-electron chi connectivity index (χ4n) is 5.09. The van der Waals surface area contributed by atoms with Crippen LogP contribution in [0.3, 0.4) is 0 Å².